The van der Waals surface area contributed by atoms with Crippen LogP contribution in [0.2, 0.25) is 0 Å². The Kier molecular flexibility index (Phi) is 6.45. The lowest BCUT2D eigenvalue weighted by atomic mass is 10.2. The Labute approximate surface area is 162 Å². The second kappa shape index (κ2) is 9.20. The van der Waals surface area contributed by atoms with Gasteiger partial charge in [0.15, 0.2) is 0 Å². The van der Waals surface area contributed by atoms with Crippen molar-refractivity contribution in [2.75, 3.05) is 6.61 Å². The molecule has 4 heteroatoms. The molecule has 0 fully saturated rings. The van der Waals surface area contributed by atoms with Crippen LogP contribution >= 0.6 is 15.9 Å². The molecule has 0 radical (unpaired) electrons. The molecular formula is C22H20BrNO2. The van der Waals surface area contributed by atoms with Crippen LogP contribution in [-0.2, 0) is 0 Å². The summed E-state index contributed by atoms with van der Waals surface area (Å²) >= 11 is 3.54. The smallest absolute Gasteiger partial charge is 0.133 e. The quantitative estimate of drug-likeness (QED) is 0.402. The summed E-state index contributed by atoms with van der Waals surface area (Å²) in [5.74, 6) is 2.46. The number of benzene rings is 3. The molecule has 0 aliphatic carbocycles. The highest BCUT2D eigenvalue weighted by atomic mass is 79.9. The predicted molar refractivity (Wildman–Crippen MR) is 110 cm³/mol. The molecule has 0 aliphatic rings. The van der Waals surface area contributed by atoms with Gasteiger partial charge in [-0.3, -0.25) is 4.99 Å². The molecule has 0 aliphatic heterocycles. The van der Waals surface area contributed by atoms with Crippen molar-refractivity contribution in [3.05, 3.63) is 82.8 Å². The van der Waals surface area contributed by atoms with Gasteiger partial charge in [-0.15, -0.1) is 0 Å². The number of rotatable bonds is 7. The van der Waals surface area contributed by atoms with E-state index in [2.05, 4.69) is 27.8 Å². The zero-order chi connectivity index (χ0) is 18.2. The third-order valence-electron chi connectivity index (χ3n) is 3.60. The van der Waals surface area contributed by atoms with E-state index in [-0.39, 0.29) is 0 Å². The first-order valence-corrected chi connectivity index (χ1v) is 9.33. The summed E-state index contributed by atoms with van der Waals surface area (Å²) < 4.78 is 12.4. The SMILES string of the molecule is CCCOc1ccc(C=Nc2ccc(Oc3ccccc3)cc2)cc1Br. The summed E-state index contributed by atoms with van der Waals surface area (Å²) in [5, 5.41) is 0. The van der Waals surface area contributed by atoms with E-state index in [0.717, 1.165) is 39.4 Å². The predicted octanol–water partition coefficient (Wildman–Crippen LogP) is 6.78. The standard InChI is InChI=1S/C22H20BrNO2/c1-2-14-25-22-13-8-17(15-21(22)23)16-24-18-9-11-20(12-10-18)26-19-6-4-3-5-7-19/h3-13,15-16H,2,14H2,1H3. The maximum atomic E-state index is 5.79. The fourth-order valence-electron chi connectivity index (χ4n) is 2.30. The van der Waals surface area contributed by atoms with E-state index < -0.39 is 0 Å². The van der Waals surface area contributed by atoms with E-state index in [4.69, 9.17) is 9.47 Å². The van der Waals surface area contributed by atoms with E-state index in [0.29, 0.717) is 6.61 Å². The Hall–Kier alpha value is -2.59. The first-order chi connectivity index (χ1) is 12.7. The van der Waals surface area contributed by atoms with Crippen LogP contribution in [0, 0.1) is 0 Å². The van der Waals surface area contributed by atoms with Gasteiger partial charge in [0.05, 0.1) is 16.8 Å². The van der Waals surface area contributed by atoms with E-state index in [1.165, 1.54) is 0 Å². The molecule has 3 rings (SSSR count). The summed E-state index contributed by atoms with van der Waals surface area (Å²) in [7, 11) is 0. The zero-order valence-corrected chi connectivity index (χ0v) is 16.1. The van der Waals surface area contributed by atoms with Crippen molar-refractivity contribution in [3.8, 4) is 17.2 Å². The van der Waals surface area contributed by atoms with E-state index in [1.807, 2.05) is 79.0 Å². The Morgan fingerprint density at radius 3 is 2.35 bits per heavy atom. The van der Waals surface area contributed by atoms with Crippen molar-refractivity contribution >= 4 is 27.8 Å². The Morgan fingerprint density at radius 2 is 1.65 bits per heavy atom. The fourth-order valence-corrected chi connectivity index (χ4v) is 2.81. The first-order valence-electron chi connectivity index (χ1n) is 8.54. The van der Waals surface area contributed by atoms with Gasteiger partial charge in [-0.2, -0.15) is 0 Å². The highest BCUT2D eigenvalue weighted by molar-refractivity contribution is 9.10. The minimum Gasteiger partial charge on any atom is -0.492 e. The van der Waals surface area contributed by atoms with Gasteiger partial charge < -0.3 is 9.47 Å². The molecule has 0 saturated carbocycles. The van der Waals surface area contributed by atoms with Gasteiger partial charge in [0.1, 0.15) is 17.2 Å². The van der Waals surface area contributed by atoms with Crippen LogP contribution < -0.4 is 9.47 Å². The number of ether oxygens (including phenoxy) is 2. The van der Waals surface area contributed by atoms with Crippen LogP contribution in [-0.4, -0.2) is 12.8 Å². The Balaban J connectivity index is 1.64. The Morgan fingerprint density at radius 1 is 0.923 bits per heavy atom. The molecule has 0 heterocycles. The van der Waals surface area contributed by atoms with Crippen molar-refractivity contribution in [1.82, 2.24) is 0 Å². The van der Waals surface area contributed by atoms with Crippen LogP contribution in [0.3, 0.4) is 0 Å². The van der Waals surface area contributed by atoms with Crippen LogP contribution in [0.5, 0.6) is 17.2 Å². The lowest BCUT2D eigenvalue weighted by Crippen LogP contribution is -1.96. The van der Waals surface area contributed by atoms with E-state index in [9.17, 15) is 0 Å². The fraction of sp³-hybridized carbons (Fsp3) is 0.136. The number of nitrogens with zero attached hydrogens (tertiary/aromatic N) is 1. The second-order valence-electron chi connectivity index (χ2n) is 5.71. The minimum absolute atomic E-state index is 0.712. The van der Waals surface area contributed by atoms with Crippen LogP contribution in [0.4, 0.5) is 5.69 Å². The molecule has 3 aromatic rings. The van der Waals surface area contributed by atoms with Gasteiger partial charge in [0.25, 0.3) is 0 Å². The molecule has 0 amide bonds. The number of hydrogen-bond acceptors (Lipinski definition) is 3. The number of hydrogen-bond donors (Lipinski definition) is 0. The molecule has 0 aromatic heterocycles. The topological polar surface area (TPSA) is 30.8 Å². The largest absolute Gasteiger partial charge is 0.492 e. The number of aliphatic imine (C=N–C) groups is 1. The first kappa shape index (κ1) is 18.2. The maximum absolute atomic E-state index is 5.79. The molecular weight excluding hydrogens is 390 g/mol. The van der Waals surface area contributed by atoms with Crippen molar-refractivity contribution < 1.29 is 9.47 Å². The zero-order valence-electron chi connectivity index (χ0n) is 14.6. The minimum atomic E-state index is 0.712. The average molecular weight is 410 g/mol. The average Bonchev–Trinajstić information content (AvgIpc) is 2.67. The molecule has 0 atom stereocenters. The highest BCUT2D eigenvalue weighted by Gasteiger charge is 2.01. The van der Waals surface area contributed by atoms with Gasteiger partial charge in [-0.1, -0.05) is 25.1 Å². The summed E-state index contributed by atoms with van der Waals surface area (Å²) in [6.45, 7) is 2.80. The molecule has 0 N–H and O–H groups in total. The lowest BCUT2D eigenvalue weighted by Gasteiger charge is -2.07. The molecule has 132 valence electrons. The molecule has 3 aromatic carbocycles. The molecule has 3 nitrogen and oxygen atoms in total. The van der Waals surface area contributed by atoms with Gasteiger partial charge in [0.2, 0.25) is 0 Å². The molecule has 0 bridgehead atoms. The summed E-state index contributed by atoms with van der Waals surface area (Å²) in [6.07, 6.45) is 2.82. The van der Waals surface area contributed by atoms with Crippen molar-refractivity contribution in [2.45, 2.75) is 13.3 Å². The normalized spacial score (nSPS) is 10.8. The highest BCUT2D eigenvalue weighted by Crippen LogP contribution is 2.26. The van der Waals surface area contributed by atoms with Gasteiger partial charge in [-0.25, -0.2) is 0 Å². The van der Waals surface area contributed by atoms with Crippen LogP contribution in [0.1, 0.15) is 18.9 Å². The molecule has 0 spiro atoms. The van der Waals surface area contributed by atoms with Crippen LogP contribution in [0.15, 0.2) is 82.3 Å². The van der Waals surface area contributed by atoms with Crippen molar-refractivity contribution in [1.29, 1.82) is 0 Å². The second-order valence-corrected chi connectivity index (χ2v) is 6.56. The van der Waals surface area contributed by atoms with E-state index in [1.54, 1.807) is 0 Å². The van der Waals surface area contributed by atoms with Crippen molar-refractivity contribution in [2.24, 2.45) is 4.99 Å². The Bertz CT molecular complexity index is 861. The summed E-state index contributed by atoms with van der Waals surface area (Å²) in [5.41, 5.74) is 1.87. The molecule has 0 unspecified atom stereocenters. The maximum Gasteiger partial charge on any atom is 0.133 e. The monoisotopic (exact) mass is 409 g/mol. The van der Waals surface area contributed by atoms with Gasteiger partial charge in [-0.05, 0) is 82.5 Å². The van der Waals surface area contributed by atoms with Crippen molar-refractivity contribution in [3.63, 3.8) is 0 Å². The van der Waals surface area contributed by atoms with Gasteiger partial charge in [0, 0.05) is 6.21 Å². The van der Waals surface area contributed by atoms with E-state index >= 15 is 0 Å². The number of halogens is 1. The lowest BCUT2D eigenvalue weighted by molar-refractivity contribution is 0.315. The third-order valence-corrected chi connectivity index (χ3v) is 4.22. The number of para-hydroxylation sites is 1. The summed E-state index contributed by atoms with van der Waals surface area (Å²) in [4.78, 5) is 4.52. The van der Waals surface area contributed by atoms with Gasteiger partial charge >= 0.3 is 0 Å². The third kappa shape index (κ3) is 5.20. The summed E-state index contributed by atoms with van der Waals surface area (Å²) in [6, 6.07) is 23.4. The molecule has 0 saturated heterocycles. The molecule has 26 heavy (non-hydrogen) atoms. The van der Waals surface area contributed by atoms with Crippen LogP contribution in [0.25, 0.3) is 0 Å².